The molecule has 0 N–H and O–H groups in total. The van der Waals surface area contributed by atoms with Gasteiger partial charge in [-0.3, -0.25) is 0 Å². The molecule has 0 radical (unpaired) electrons. The monoisotopic (exact) mass is 348 g/mol. The van der Waals surface area contributed by atoms with Gasteiger partial charge in [0.05, 0.1) is 0 Å². The van der Waals surface area contributed by atoms with Crippen LogP contribution >= 0.6 is 34.8 Å². The fourth-order valence-corrected chi connectivity index (χ4v) is 11.6. The highest BCUT2D eigenvalue weighted by molar-refractivity contribution is 6.84. The zero-order valence-corrected chi connectivity index (χ0v) is 16.6. The highest BCUT2D eigenvalue weighted by atomic mass is 35.6. The van der Waals surface area contributed by atoms with E-state index in [1.54, 1.807) is 0 Å². The molecular weight excluding hydrogens is 323 g/mol. The first-order chi connectivity index (χ1) is 7.97. The lowest BCUT2D eigenvalue weighted by Crippen LogP contribution is -2.44. The second kappa shape index (κ2) is 7.89. The van der Waals surface area contributed by atoms with Gasteiger partial charge in [-0.25, -0.2) is 0 Å². The third-order valence-corrected chi connectivity index (χ3v) is 10.6. The maximum absolute atomic E-state index is 6.49. The fourth-order valence-electron chi connectivity index (χ4n) is 2.18. The van der Waals surface area contributed by atoms with Gasteiger partial charge in [-0.15, -0.1) is 0 Å². The molecule has 0 aliphatic carbocycles. The van der Waals surface area contributed by atoms with Crippen LogP contribution in [0.1, 0.15) is 32.6 Å². The molecule has 0 aliphatic heterocycles. The van der Waals surface area contributed by atoms with Crippen molar-refractivity contribution in [2.24, 2.45) is 0 Å². The summed E-state index contributed by atoms with van der Waals surface area (Å²) < 4.78 is 5.38. The summed E-state index contributed by atoms with van der Waals surface area (Å²) in [4.78, 5) is 0. The topological polar surface area (TPSA) is 9.23 Å². The van der Waals surface area contributed by atoms with Gasteiger partial charge in [0, 0.05) is 0 Å². The fraction of sp³-hybridized carbons (Fsp3) is 1.00. The summed E-state index contributed by atoms with van der Waals surface area (Å²) in [6, 6.07) is 2.33. The molecule has 0 aromatic rings. The van der Waals surface area contributed by atoms with Crippen molar-refractivity contribution < 1.29 is 4.12 Å². The van der Waals surface area contributed by atoms with Gasteiger partial charge in [0.1, 0.15) is 0 Å². The van der Waals surface area contributed by atoms with E-state index in [9.17, 15) is 0 Å². The zero-order chi connectivity index (χ0) is 14.4. The lowest BCUT2D eigenvalue weighted by molar-refractivity contribution is 0.525. The molecule has 0 spiro atoms. The summed E-state index contributed by atoms with van der Waals surface area (Å²) >= 11 is 17.4. The van der Waals surface area contributed by atoms with Gasteiger partial charge in [-0.05, 0) is 51.1 Å². The van der Waals surface area contributed by atoms with Crippen molar-refractivity contribution >= 4 is 51.4 Å². The Morgan fingerprint density at radius 2 is 1.44 bits per heavy atom. The predicted molar refractivity (Wildman–Crippen MR) is 90.1 cm³/mol. The van der Waals surface area contributed by atoms with Crippen molar-refractivity contribution in [2.75, 3.05) is 0 Å². The van der Waals surface area contributed by atoms with Crippen LogP contribution in [-0.2, 0) is 4.12 Å². The summed E-state index contributed by atoms with van der Waals surface area (Å²) in [6.07, 6.45) is 4.05. The van der Waals surface area contributed by atoms with Crippen LogP contribution in [0.4, 0.5) is 0 Å². The smallest absolute Gasteiger partial charge is 0.190 e. The number of hydrogen-bond acceptors (Lipinski definition) is 1. The number of halogens is 3. The van der Waals surface area contributed by atoms with Crippen molar-refractivity contribution in [3.63, 3.8) is 0 Å². The van der Waals surface area contributed by atoms with Crippen molar-refractivity contribution in [3.05, 3.63) is 0 Å². The first-order valence-corrected chi connectivity index (χ1v) is 14.1. The predicted octanol–water partition coefficient (Wildman–Crippen LogP) is 6.36. The molecule has 0 amide bonds. The largest absolute Gasteiger partial charge is 0.456 e. The van der Waals surface area contributed by atoms with Gasteiger partial charge in [0.2, 0.25) is 0 Å². The number of unbranched alkanes of at least 4 members (excludes halogenated alkanes) is 1. The summed E-state index contributed by atoms with van der Waals surface area (Å²) in [6.45, 7) is 11.4. The van der Waals surface area contributed by atoms with E-state index in [4.69, 9.17) is 38.9 Å². The molecule has 0 heterocycles. The SMILES string of the molecule is CCCC[Si](C)(CCCC(Cl)(Cl)Cl)O[Si](C)(C)C. The van der Waals surface area contributed by atoms with E-state index in [0.29, 0.717) is 6.42 Å². The van der Waals surface area contributed by atoms with Crippen LogP contribution in [0, 0.1) is 0 Å². The molecule has 0 saturated heterocycles. The quantitative estimate of drug-likeness (QED) is 0.365. The summed E-state index contributed by atoms with van der Waals surface area (Å²) in [5.41, 5.74) is 0. The molecule has 0 aromatic carbocycles. The van der Waals surface area contributed by atoms with E-state index < -0.39 is 20.4 Å². The molecule has 1 unspecified atom stereocenters. The molecule has 1 atom stereocenters. The van der Waals surface area contributed by atoms with Crippen molar-refractivity contribution in [1.82, 2.24) is 0 Å². The van der Waals surface area contributed by atoms with E-state index in [2.05, 4.69) is 33.1 Å². The molecule has 0 aliphatic rings. The average molecular weight is 350 g/mol. The molecule has 0 bridgehead atoms. The van der Waals surface area contributed by atoms with Crippen molar-refractivity contribution in [1.29, 1.82) is 0 Å². The third-order valence-electron chi connectivity index (χ3n) is 2.78. The third kappa shape index (κ3) is 11.1. The van der Waals surface area contributed by atoms with E-state index in [-0.39, 0.29) is 0 Å². The van der Waals surface area contributed by atoms with Crippen LogP contribution in [-0.4, -0.2) is 20.4 Å². The van der Waals surface area contributed by atoms with Gasteiger partial charge in [0.15, 0.2) is 20.4 Å². The van der Waals surface area contributed by atoms with E-state index in [1.807, 2.05) is 0 Å². The van der Waals surface area contributed by atoms with Crippen LogP contribution in [0.5, 0.6) is 0 Å². The average Bonchev–Trinajstić information content (AvgIpc) is 2.09. The Morgan fingerprint density at radius 1 is 0.944 bits per heavy atom. The second-order valence-electron chi connectivity index (χ2n) is 6.24. The van der Waals surface area contributed by atoms with Crippen molar-refractivity contribution in [3.8, 4) is 0 Å². The van der Waals surface area contributed by atoms with Gasteiger partial charge in [0.25, 0.3) is 0 Å². The molecule has 110 valence electrons. The Bertz CT molecular complexity index is 238. The molecule has 0 saturated carbocycles. The van der Waals surface area contributed by atoms with Crippen LogP contribution in [0.25, 0.3) is 0 Å². The van der Waals surface area contributed by atoms with E-state index in [0.717, 1.165) is 12.5 Å². The summed E-state index contributed by atoms with van der Waals surface area (Å²) in [7, 11) is -3.10. The minimum absolute atomic E-state index is 0.626. The Kier molecular flexibility index (Phi) is 8.45. The maximum Gasteiger partial charge on any atom is 0.190 e. The Labute approximate surface area is 130 Å². The zero-order valence-electron chi connectivity index (χ0n) is 12.3. The highest BCUT2D eigenvalue weighted by Gasteiger charge is 2.34. The van der Waals surface area contributed by atoms with Gasteiger partial charge in [-0.2, -0.15) is 0 Å². The highest BCUT2D eigenvalue weighted by Crippen LogP contribution is 2.34. The Morgan fingerprint density at radius 3 is 1.83 bits per heavy atom. The second-order valence-corrected chi connectivity index (χ2v) is 17.7. The lowest BCUT2D eigenvalue weighted by Gasteiger charge is -2.35. The minimum Gasteiger partial charge on any atom is -0.456 e. The molecule has 0 aromatic heterocycles. The number of rotatable bonds is 8. The molecule has 18 heavy (non-hydrogen) atoms. The van der Waals surface area contributed by atoms with E-state index in [1.165, 1.54) is 18.9 Å². The summed E-state index contributed by atoms with van der Waals surface area (Å²) in [5, 5.41) is 0. The number of alkyl halides is 3. The minimum atomic E-state index is -1.62. The van der Waals surface area contributed by atoms with Gasteiger partial charge in [-0.1, -0.05) is 54.6 Å². The Hall–Kier alpha value is 1.26. The van der Waals surface area contributed by atoms with Crippen LogP contribution in [0.2, 0.25) is 38.3 Å². The normalized spacial score (nSPS) is 16.7. The first kappa shape index (κ1) is 19.3. The van der Waals surface area contributed by atoms with Crippen LogP contribution in [0.3, 0.4) is 0 Å². The van der Waals surface area contributed by atoms with Crippen molar-refractivity contribution in [2.45, 2.75) is 74.7 Å². The van der Waals surface area contributed by atoms with Crippen LogP contribution < -0.4 is 0 Å². The molecule has 6 heteroatoms. The van der Waals surface area contributed by atoms with Gasteiger partial charge >= 0.3 is 0 Å². The van der Waals surface area contributed by atoms with Gasteiger partial charge < -0.3 is 4.12 Å². The maximum atomic E-state index is 6.49. The lowest BCUT2D eigenvalue weighted by atomic mass is 10.4. The first-order valence-electron chi connectivity index (χ1n) is 6.74. The summed E-state index contributed by atoms with van der Waals surface area (Å²) in [5.74, 6) is 0. The van der Waals surface area contributed by atoms with E-state index >= 15 is 0 Å². The number of hydrogen-bond donors (Lipinski definition) is 0. The Balaban J connectivity index is 4.38. The molecule has 1 nitrogen and oxygen atoms in total. The molecule has 0 fully saturated rings. The standard InChI is InChI=1S/C12H27Cl3OSi2/c1-6-7-10-18(5,16-17(2,3)4)11-8-9-12(13,14)15/h6-11H2,1-5H3. The van der Waals surface area contributed by atoms with Crippen LogP contribution in [0.15, 0.2) is 0 Å². The molecular formula is C12H27Cl3OSi2. The molecule has 0 rings (SSSR count).